The summed E-state index contributed by atoms with van der Waals surface area (Å²) in [5.41, 5.74) is 1.97. The first-order chi connectivity index (χ1) is 9.24. The Balaban J connectivity index is 2.07. The van der Waals surface area contributed by atoms with Crippen molar-refractivity contribution in [3.63, 3.8) is 0 Å². The maximum atomic E-state index is 12.1. The summed E-state index contributed by atoms with van der Waals surface area (Å²) in [4.78, 5) is 15.5. The Hall–Kier alpha value is -1.61. The molecular weight excluding hydrogens is 254 g/mol. The maximum Gasteiger partial charge on any atom is 0.168 e. The second kappa shape index (κ2) is 6.53. The summed E-state index contributed by atoms with van der Waals surface area (Å²) in [6, 6.07) is 11.9. The number of hydrogen-bond acceptors (Lipinski definition) is 3. The Kier molecular flexibility index (Phi) is 4.74. The summed E-state index contributed by atoms with van der Waals surface area (Å²) in [6.45, 7) is 6.25. The molecule has 100 valence electrons. The van der Waals surface area contributed by atoms with Crippen molar-refractivity contribution in [3.8, 4) is 0 Å². The molecule has 0 bridgehead atoms. The monoisotopic (exact) mass is 273 g/mol. The summed E-state index contributed by atoms with van der Waals surface area (Å²) in [5.74, 6) is 0.188. The van der Waals surface area contributed by atoms with Gasteiger partial charge in [-0.15, -0.1) is 11.3 Å². The summed E-state index contributed by atoms with van der Waals surface area (Å²) in [5, 5.41) is 2.01. The van der Waals surface area contributed by atoms with Gasteiger partial charge in [0, 0.05) is 35.6 Å². The molecule has 0 unspecified atom stereocenters. The molecule has 0 saturated carbocycles. The molecule has 1 aromatic carbocycles. The minimum atomic E-state index is 0.188. The number of Topliss-reactive ketones (excluding diaryl/α,β-unsaturated/α-hetero) is 1. The SMILES string of the molecule is CCN(CC)c1ccc(C(=O)Cc2cccs2)cc1. The zero-order valence-electron chi connectivity index (χ0n) is 11.4. The molecule has 0 aliphatic carbocycles. The lowest BCUT2D eigenvalue weighted by molar-refractivity contribution is 0.0994. The highest BCUT2D eigenvalue weighted by molar-refractivity contribution is 7.10. The van der Waals surface area contributed by atoms with Gasteiger partial charge in [0.25, 0.3) is 0 Å². The van der Waals surface area contributed by atoms with Gasteiger partial charge in [0.15, 0.2) is 5.78 Å². The highest BCUT2D eigenvalue weighted by Crippen LogP contribution is 2.17. The van der Waals surface area contributed by atoms with E-state index >= 15 is 0 Å². The fourth-order valence-electron chi connectivity index (χ4n) is 2.12. The van der Waals surface area contributed by atoms with Crippen molar-refractivity contribution in [3.05, 3.63) is 52.2 Å². The second-order valence-corrected chi connectivity index (χ2v) is 5.43. The Morgan fingerprint density at radius 1 is 1.11 bits per heavy atom. The van der Waals surface area contributed by atoms with Crippen molar-refractivity contribution in [2.24, 2.45) is 0 Å². The van der Waals surface area contributed by atoms with Gasteiger partial charge in [0.2, 0.25) is 0 Å². The van der Waals surface area contributed by atoms with Gasteiger partial charge in [0.1, 0.15) is 0 Å². The lowest BCUT2D eigenvalue weighted by Gasteiger charge is -2.20. The molecule has 0 N–H and O–H groups in total. The Bertz CT molecular complexity index is 512. The van der Waals surface area contributed by atoms with Crippen molar-refractivity contribution in [1.82, 2.24) is 0 Å². The highest BCUT2D eigenvalue weighted by Gasteiger charge is 2.08. The molecule has 0 aliphatic heterocycles. The van der Waals surface area contributed by atoms with E-state index < -0.39 is 0 Å². The number of thiophene rings is 1. The lowest BCUT2D eigenvalue weighted by atomic mass is 10.1. The van der Waals surface area contributed by atoms with E-state index in [2.05, 4.69) is 18.7 Å². The zero-order chi connectivity index (χ0) is 13.7. The van der Waals surface area contributed by atoms with E-state index in [4.69, 9.17) is 0 Å². The van der Waals surface area contributed by atoms with Crippen LogP contribution in [0.25, 0.3) is 0 Å². The number of benzene rings is 1. The van der Waals surface area contributed by atoms with Crippen molar-refractivity contribution in [2.45, 2.75) is 20.3 Å². The van der Waals surface area contributed by atoms with E-state index in [-0.39, 0.29) is 5.78 Å². The lowest BCUT2D eigenvalue weighted by Crippen LogP contribution is -2.21. The van der Waals surface area contributed by atoms with Crippen molar-refractivity contribution in [1.29, 1.82) is 0 Å². The number of rotatable bonds is 6. The molecule has 1 heterocycles. The van der Waals surface area contributed by atoms with Gasteiger partial charge in [-0.3, -0.25) is 4.79 Å². The van der Waals surface area contributed by atoms with Crippen LogP contribution in [-0.2, 0) is 6.42 Å². The number of carbonyl (C=O) groups is 1. The average molecular weight is 273 g/mol. The van der Waals surface area contributed by atoms with Crippen LogP contribution in [0.15, 0.2) is 41.8 Å². The van der Waals surface area contributed by atoms with Crippen LogP contribution in [0.5, 0.6) is 0 Å². The van der Waals surface area contributed by atoms with Crippen LogP contribution in [0.4, 0.5) is 5.69 Å². The fraction of sp³-hybridized carbons (Fsp3) is 0.312. The van der Waals surface area contributed by atoms with Crippen LogP contribution in [0.2, 0.25) is 0 Å². The van der Waals surface area contributed by atoms with Gasteiger partial charge in [-0.25, -0.2) is 0 Å². The normalized spacial score (nSPS) is 10.4. The third-order valence-corrected chi connectivity index (χ3v) is 4.11. The Morgan fingerprint density at radius 3 is 2.32 bits per heavy atom. The molecular formula is C16H19NOS. The molecule has 3 heteroatoms. The first-order valence-electron chi connectivity index (χ1n) is 6.65. The van der Waals surface area contributed by atoms with E-state index in [0.717, 1.165) is 23.5 Å². The van der Waals surface area contributed by atoms with E-state index in [9.17, 15) is 4.79 Å². The largest absolute Gasteiger partial charge is 0.372 e. The molecule has 0 spiro atoms. The highest BCUT2D eigenvalue weighted by atomic mass is 32.1. The molecule has 0 fully saturated rings. The third-order valence-electron chi connectivity index (χ3n) is 3.23. The molecule has 0 amide bonds. The predicted octanol–water partition coefficient (Wildman–Crippen LogP) is 4.02. The second-order valence-electron chi connectivity index (χ2n) is 4.40. The zero-order valence-corrected chi connectivity index (χ0v) is 12.2. The van der Waals surface area contributed by atoms with Crippen LogP contribution >= 0.6 is 11.3 Å². The summed E-state index contributed by atoms with van der Waals surface area (Å²) >= 11 is 1.63. The molecule has 0 aliphatic rings. The number of carbonyl (C=O) groups excluding carboxylic acids is 1. The van der Waals surface area contributed by atoms with Crippen LogP contribution < -0.4 is 4.90 Å². The molecule has 2 aromatic rings. The van der Waals surface area contributed by atoms with E-state index in [1.54, 1.807) is 11.3 Å². The van der Waals surface area contributed by atoms with Gasteiger partial charge in [-0.2, -0.15) is 0 Å². The van der Waals surface area contributed by atoms with Crippen molar-refractivity contribution in [2.75, 3.05) is 18.0 Å². The van der Waals surface area contributed by atoms with Crippen LogP contribution in [0.1, 0.15) is 29.1 Å². The molecule has 0 radical (unpaired) electrons. The first kappa shape index (κ1) is 13.8. The van der Waals surface area contributed by atoms with Crippen molar-refractivity contribution < 1.29 is 4.79 Å². The average Bonchev–Trinajstić information content (AvgIpc) is 2.94. The fourth-order valence-corrected chi connectivity index (χ4v) is 2.82. The van der Waals surface area contributed by atoms with Crippen LogP contribution in [0.3, 0.4) is 0 Å². The Labute approximate surface area is 118 Å². The topological polar surface area (TPSA) is 20.3 Å². The standard InChI is InChI=1S/C16H19NOS/c1-3-17(4-2)14-9-7-13(8-10-14)16(18)12-15-6-5-11-19-15/h5-11H,3-4,12H2,1-2H3. The van der Waals surface area contributed by atoms with E-state index in [1.807, 2.05) is 41.8 Å². The molecule has 1 aromatic heterocycles. The van der Waals surface area contributed by atoms with E-state index in [1.165, 1.54) is 5.69 Å². The third kappa shape index (κ3) is 3.44. The van der Waals surface area contributed by atoms with Gasteiger partial charge in [-0.05, 0) is 49.6 Å². The van der Waals surface area contributed by atoms with Gasteiger partial charge in [0.05, 0.1) is 0 Å². The quantitative estimate of drug-likeness (QED) is 0.741. The molecule has 19 heavy (non-hydrogen) atoms. The summed E-state index contributed by atoms with van der Waals surface area (Å²) < 4.78 is 0. The Morgan fingerprint density at radius 2 is 1.79 bits per heavy atom. The minimum absolute atomic E-state index is 0.188. The number of nitrogens with zero attached hydrogens (tertiary/aromatic N) is 1. The van der Waals surface area contributed by atoms with E-state index in [0.29, 0.717) is 6.42 Å². The molecule has 0 saturated heterocycles. The first-order valence-corrected chi connectivity index (χ1v) is 7.53. The minimum Gasteiger partial charge on any atom is -0.372 e. The molecule has 2 nitrogen and oxygen atoms in total. The molecule has 0 atom stereocenters. The number of ketones is 1. The van der Waals surface area contributed by atoms with Gasteiger partial charge < -0.3 is 4.90 Å². The number of anilines is 1. The summed E-state index contributed by atoms with van der Waals surface area (Å²) in [6.07, 6.45) is 0.502. The maximum absolute atomic E-state index is 12.1. The summed E-state index contributed by atoms with van der Waals surface area (Å²) in [7, 11) is 0. The van der Waals surface area contributed by atoms with Crippen LogP contribution in [-0.4, -0.2) is 18.9 Å². The van der Waals surface area contributed by atoms with Gasteiger partial charge >= 0.3 is 0 Å². The predicted molar refractivity (Wildman–Crippen MR) is 82.4 cm³/mol. The smallest absolute Gasteiger partial charge is 0.168 e. The number of hydrogen-bond donors (Lipinski definition) is 0. The molecule has 2 rings (SSSR count). The van der Waals surface area contributed by atoms with Crippen molar-refractivity contribution >= 4 is 22.8 Å². The van der Waals surface area contributed by atoms with Crippen LogP contribution in [0, 0.1) is 0 Å². The van der Waals surface area contributed by atoms with Gasteiger partial charge in [-0.1, -0.05) is 6.07 Å².